The average Bonchev–Trinajstić information content (AvgIpc) is 2.43. The van der Waals surface area contributed by atoms with Gasteiger partial charge in [0.2, 0.25) is 5.91 Å². The molecule has 0 saturated carbocycles. The molecule has 4 heteroatoms. The average molecular weight is 278 g/mol. The molecule has 4 nitrogen and oxygen atoms in total. The van der Waals surface area contributed by atoms with E-state index < -0.39 is 5.41 Å². The second kappa shape index (κ2) is 6.75. The number of rotatable bonds is 6. The predicted molar refractivity (Wildman–Crippen MR) is 82.0 cm³/mol. The van der Waals surface area contributed by atoms with Crippen LogP contribution in [0.3, 0.4) is 0 Å². The maximum Gasteiger partial charge on any atom is 0.226 e. The van der Waals surface area contributed by atoms with Crippen molar-refractivity contribution in [2.75, 3.05) is 20.7 Å². The Morgan fingerprint density at radius 2 is 2.05 bits per heavy atom. The number of methoxy groups -OCH3 is 1. The van der Waals surface area contributed by atoms with E-state index >= 15 is 0 Å². The number of carbonyl (C=O) groups excluding carboxylic acids is 1. The van der Waals surface area contributed by atoms with Crippen LogP contribution < -0.4 is 15.4 Å². The van der Waals surface area contributed by atoms with Gasteiger partial charge in [0.25, 0.3) is 0 Å². The van der Waals surface area contributed by atoms with Crippen molar-refractivity contribution in [3.63, 3.8) is 0 Å². The molecule has 0 bridgehead atoms. The summed E-state index contributed by atoms with van der Waals surface area (Å²) in [5, 5.41) is 6.11. The number of hydrogen-bond acceptors (Lipinski definition) is 3. The van der Waals surface area contributed by atoms with E-state index in [2.05, 4.69) is 30.5 Å². The molecule has 0 spiro atoms. The van der Waals surface area contributed by atoms with Crippen LogP contribution in [0.15, 0.2) is 18.2 Å². The first kappa shape index (κ1) is 16.5. The molecular formula is C16H26N2O2. The summed E-state index contributed by atoms with van der Waals surface area (Å²) >= 11 is 0. The lowest BCUT2D eigenvalue weighted by Gasteiger charge is -2.26. The van der Waals surface area contributed by atoms with Crippen LogP contribution in [0.5, 0.6) is 5.75 Å². The van der Waals surface area contributed by atoms with Crippen molar-refractivity contribution in [1.82, 2.24) is 10.6 Å². The lowest BCUT2D eigenvalue weighted by molar-refractivity contribution is -0.128. The van der Waals surface area contributed by atoms with Crippen molar-refractivity contribution in [1.29, 1.82) is 0 Å². The first-order valence-corrected chi connectivity index (χ1v) is 6.92. The zero-order valence-corrected chi connectivity index (χ0v) is 13.3. The van der Waals surface area contributed by atoms with Crippen LogP contribution in [0.2, 0.25) is 0 Å². The Hall–Kier alpha value is -1.55. The summed E-state index contributed by atoms with van der Waals surface area (Å²) in [6.07, 6.45) is 0. The Labute approximate surface area is 121 Å². The molecule has 1 aromatic carbocycles. The van der Waals surface area contributed by atoms with Gasteiger partial charge in [-0.3, -0.25) is 4.79 Å². The van der Waals surface area contributed by atoms with Crippen molar-refractivity contribution in [2.24, 2.45) is 5.41 Å². The molecule has 1 aromatic rings. The van der Waals surface area contributed by atoms with Gasteiger partial charge in [0.05, 0.1) is 12.5 Å². The molecular weight excluding hydrogens is 252 g/mol. The highest BCUT2D eigenvalue weighted by Crippen LogP contribution is 2.27. The summed E-state index contributed by atoms with van der Waals surface area (Å²) in [5.74, 6) is 0.904. The van der Waals surface area contributed by atoms with Crippen molar-refractivity contribution in [3.8, 4) is 5.75 Å². The van der Waals surface area contributed by atoms with Crippen molar-refractivity contribution >= 4 is 5.91 Å². The summed E-state index contributed by atoms with van der Waals surface area (Å²) < 4.78 is 5.40. The van der Waals surface area contributed by atoms with E-state index in [1.807, 2.05) is 26.0 Å². The number of nitrogens with one attached hydrogen (secondary N) is 2. The second-order valence-corrected chi connectivity index (χ2v) is 5.81. The maximum atomic E-state index is 11.8. The SMILES string of the molecule is CNC(=O)C(C)(C)CNC(C)c1cc(C)ccc1OC. The van der Waals surface area contributed by atoms with Gasteiger partial charge < -0.3 is 15.4 Å². The number of carbonyl (C=O) groups is 1. The Morgan fingerprint density at radius 1 is 1.40 bits per heavy atom. The Bertz CT molecular complexity index is 470. The fourth-order valence-corrected chi connectivity index (χ4v) is 2.13. The van der Waals surface area contributed by atoms with E-state index in [-0.39, 0.29) is 11.9 Å². The maximum absolute atomic E-state index is 11.8. The molecule has 1 atom stereocenters. The van der Waals surface area contributed by atoms with Crippen LogP contribution in [-0.2, 0) is 4.79 Å². The minimum atomic E-state index is -0.444. The van der Waals surface area contributed by atoms with Crippen LogP contribution >= 0.6 is 0 Å². The number of hydrogen-bond donors (Lipinski definition) is 2. The minimum absolute atomic E-state index is 0.0356. The summed E-state index contributed by atoms with van der Waals surface area (Å²) in [7, 11) is 3.34. The number of aryl methyl sites for hydroxylation is 1. The van der Waals surface area contributed by atoms with E-state index in [1.165, 1.54) is 5.56 Å². The molecule has 0 radical (unpaired) electrons. The second-order valence-electron chi connectivity index (χ2n) is 5.81. The van der Waals surface area contributed by atoms with Crippen LogP contribution in [0.1, 0.15) is 37.9 Å². The van der Waals surface area contributed by atoms with Gasteiger partial charge in [0.15, 0.2) is 0 Å². The molecule has 1 amide bonds. The monoisotopic (exact) mass is 278 g/mol. The summed E-state index contributed by atoms with van der Waals surface area (Å²) in [6.45, 7) is 8.60. The lowest BCUT2D eigenvalue weighted by Crippen LogP contribution is -2.42. The molecule has 0 saturated heterocycles. The molecule has 20 heavy (non-hydrogen) atoms. The third kappa shape index (κ3) is 3.97. The predicted octanol–water partition coefficient (Wildman–Crippen LogP) is 2.43. The molecule has 0 aromatic heterocycles. The van der Waals surface area contributed by atoms with Gasteiger partial charge in [-0.1, -0.05) is 17.7 Å². The molecule has 2 N–H and O–H groups in total. The van der Waals surface area contributed by atoms with Crippen LogP contribution in [-0.4, -0.2) is 26.6 Å². The number of ether oxygens (including phenoxy) is 1. The minimum Gasteiger partial charge on any atom is -0.496 e. The zero-order valence-electron chi connectivity index (χ0n) is 13.3. The Morgan fingerprint density at radius 3 is 2.60 bits per heavy atom. The van der Waals surface area contributed by atoms with Gasteiger partial charge >= 0.3 is 0 Å². The summed E-state index contributed by atoms with van der Waals surface area (Å²) in [6, 6.07) is 6.24. The molecule has 0 fully saturated rings. The molecule has 0 aliphatic carbocycles. The van der Waals surface area contributed by atoms with Crippen molar-refractivity contribution in [3.05, 3.63) is 29.3 Å². The zero-order chi connectivity index (χ0) is 15.3. The highest BCUT2D eigenvalue weighted by molar-refractivity contribution is 5.81. The third-order valence-electron chi connectivity index (χ3n) is 3.54. The van der Waals surface area contributed by atoms with E-state index in [4.69, 9.17) is 4.74 Å². The van der Waals surface area contributed by atoms with E-state index in [0.717, 1.165) is 11.3 Å². The fourth-order valence-electron chi connectivity index (χ4n) is 2.13. The van der Waals surface area contributed by atoms with Crippen LogP contribution in [0.4, 0.5) is 0 Å². The highest BCUT2D eigenvalue weighted by Gasteiger charge is 2.27. The molecule has 112 valence electrons. The first-order chi connectivity index (χ1) is 9.31. The Kier molecular flexibility index (Phi) is 5.57. The molecule has 0 heterocycles. The van der Waals surface area contributed by atoms with Crippen LogP contribution in [0.25, 0.3) is 0 Å². The smallest absolute Gasteiger partial charge is 0.226 e. The summed E-state index contributed by atoms with van der Waals surface area (Å²) in [4.78, 5) is 11.8. The van der Waals surface area contributed by atoms with Gasteiger partial charge in [-0.05, 0) is 33.8 Å². The van der Waals surface area contributed by atoms with Gasteiger partial charge in [-0.25, -0.2) is 0 Å². The standard InChI is InChI=1S/C16H26N2O2/c1-11-7-8-14(20-6)13(9-11)12(2)18-10-16(3,4)15(19)17-5/h7-9,12,18H,10H2,1-6H3,(H,17,19). The van der Waals surface area contributed by atoms with Crippen molar-refractivity contribution < 1.29 is 9.53 Å². The van der Waals surface area contributed by atoms with Crippen molar-refractivity contribution in [2.45, 2.75) is 33.7 Å². The number of benzene rings is 1. The lowest BCUT2D eigenvalue weighted by atomic mass is 9.91. The first-order valence-electron chi connectivity index (χ1n) is 6.92. The molecule has 1 rings (SSSR count). The summed E-state index contributed by atoms with van der Waals surface area (Å²) in [5.41, 5.74) is 1.86. The molecule has 0 aliphatic heterocycles. The normalized spacial score (nSPS) is 12.9. The van der Waals surface area contributed by atoms with E-state index in [0.29, 0.717) is 6.54 Å². The highest BCUT2D eigenvalue weighted by atomic mass is 16.5. The largest absolute Gasteiger partial charge is 0.496 e. The third-order valence-corrected chi connectivity index (χ3v) is 3.54. The van der Waals surface area contributed by atoms with E-state index in [1.54, 1.807) is 14.2 Å². The number of amides is 1. The Balaban J connectivity index is 2.79. The van der Waals surface area contributed by atoms with Gasteiger partial charge in [-0.15, -0.1) is 0 Å². The molecule has 0 aliphatic rings. The van der Waals surface area contributed by atoms with Gasteiger partial charge in [0, 0.05) is 25.2 Å². The van der Waals surface area contributed by atoms with E-state index in [9.17, 15) is 4.79 Å². The fraction of sp³-hybridized carbons (Fsp3) is 0.562. The quantitative estimate of drug-likeness (QED) is 0.840. The van der Waals surface area contributed by atoms with Gasteiger partial charge in [0.1, 0.15) is 5.75 Å². The van der Waals surface area contributed by atoms with Crippen LogP contribution in [0, 0.1) is 12.3 Å². The van der Waals surface area contributed by atoms with Gasteiger partial charge in [-0.2, -0.15) is 0 Å². The topological polar surface area (TPSA) is 50.4 Å². The molecule has 1 unspecified atom stereocenters.